The zero-order valence-electron chi connectivity index (χ0n) is 8.70. The van der Waals surface area contributed by atoms with Crippen molar-refractivity contribution < 1.29 is 9.53 Å². The van der Waals surface area contributed by atoms with Crippen LogP contribution in [0.3, 0.4) is 0 Å². The summed E-state index contributed by atoms with van der Waals surface area (Å²) < 4.78 is 4.54. The Hall–Kier alpha value is -2.33. The Balaban J connectivity index is 2.78. The lowest BCUT2D eigenvalue weighted by Gasteiger charge is -1.98. The van der Waals surface area contributed by atoms with E-state index in [1.54, 1.807) is 30.4 Å². The van der Waals surface area contributed by atoms with Crippen molar-refractivity contribution in [3.8, 4) is 0 Å². The Bertz CT molecular complexity index is 450. The predicted octanol–water partition coefficient (Wildman–Crippen LogP) is 2.19. The molecule has 0 N–H and O–H groups in total. The number of nitrogens with zero attached hydrogens (tertiary/aromatic N) is 4. The molecule has 0 aromatic carbocycles. The van der Waals surface area contributed by atoms with Crippen molar-refractivity contribution in [1.82, 2.24) is 4.98 Å². The van der Waals surface area contributed by atoms with Crippen LogP contribution in [0.15, 0.2) is 29.4 Å². The first-order valence-corrected chi connectivity index (χ1v) is 4.50. The van der Waals surface area contributed by atoms with Crippen LogP contribution >= 0.6 is 0 Å². The molecule has 82 valence electrons. The molecule has 0 bridgehead atoms. The van der Waals surface area contributed by atoms with E-state index in [0.29, 0.717) is 5.69 Å². The van der Waals surface area contributed by atoms with Crippen LogP contribution < -0.4 is 0 Å². The monoisotopic (exact) mass is 218 g/mol. The molecule has 6 heteroatoms. The fraction of sp³-hybridized carbons (Fsp3) is 0.200. The molecular formula is C10H10N4O2. The molecular weight excluding hydrogens is 208 g/mol. The number of aromatic nitrogens is 1. The van der Waals surface area contributed by atoms with Crippen molar-refractivity contribution in [2.45, 2.75) is 0 Å². The molecule has 0 spiro atoms. The number of carbonyl (C=O) groups is 1. The van der Waals surface area contributed by atoms with Gasteiger partial charge in [-0.3, -0.25) is 0 Å². The molecule has 1 rings (SSSR count). The Kier molecular flexibility index (Phi) is 4.56. The number of methoxy groups -OCH3 is 1. The fourth-order valence-corrected chi connectivity index (χ4v) is 1.02. The van der Waals surface area contributed by atoms with Crippen LogP contribution in [0.2, 0.25) is 0 Å². The second kappa shape index (κ2) is 6.21. The van der Waals surface area contributed by atoms with Gasteiger partial charge in [0.15, 0.2) is 0 Å². The molecule has 0 saturated heterocycles. The van der Waals surface area contributed by atoms with Gasteiger partial charge < -0.3 is 4.74 Å². The molecule has 0 aliphatic rings. The lowest BCUT2D eigenvalue weighted by molar-refractivity contribution is 0.0594. The lowest BCUT2D eigenvalue weighted by atomic mass is 10.3. The van der Waals surface area contributed by atoms with Crippen LogP contribution in [-0.2, 0) is 4.74 Å². The first kappa shape index (κ1) is 11.7. The summed E-state index contributed by atoms with van der Waals surface area (Å²) in [6.07, 6.45) is 3.32. The molecule has 1 heterocycles. The van der Waals surface area contributed by atoms with Gasteiger partial charge in [-0.2, -0.15) is 0 Å². The number of rotatable bonds is 4. The summed E-state index contributed by atoms with van der Waals surface area (Å²) in [4.78, 5) is 17.8. The maximum Gasteiger partial charge on any atom is 0.356 e. The molecule has 0 fully saturated rings. The van der Waals surface area contributed by atoms with Crippen molar-refractivity contribution in [1.29, 1.82) is 0 Å². The summed E-state index contributed by atoms with van der Waals surface area (Å²) in [5, 5.41) is 3.33. The zero-order valence-corrected chi connectivity index (χ0v) is 8.70. The highest BCUT2D eigenvalue weighted by Crippen LogP contribution is 2.02. The van der Waals surface area contributed by atoms with Crippen LogP contribution in [0.5, 0.6) is 0 Å². The number of pyridine rings is 1. The molecule has 0 aliphatic heterocycles. The van der Waals surface area contributed by atoms with Gasteiger partial charge in [-0.1, -0.05) is 17.3 Å². The van der Waals surface area contributed by atoms with Crippen molar-refractivity contribution in [3.63, 3.8) is 0 Å². The minimum atomic E-state index is -0.481. The van der Waals surface area contributed by atoms with Crippen molar-refractivity contribution in [2.24, 2.45) is 5.11 Å². The van der Waals surface area contributed by atoms with Gasteiger partial charge in [0.25, 0.3) is 0 Å². The van der Waals surface area contributed by atoms with Gasteiger partial charge in [0.05, 0.1) is 12.8 Å². The summed E-state index contributed by atoms with van der Waals surface area (Å²) in [5.41, 5.74) is 8.91. The maximum absolute atomic E-state index is 11.2. The molecule has 1 aromatic rings. The highest BCUT2D eigenvalue weighted by Gasteiger charge is 2.05. The predicted molar refractivity (Wildman–Crippen MR) is 58.6 cm³/mol. The minimum Gasteiger partial charge on any atom is -0.464 e. The average molecular weight is 218 g/mol. The number of hydrogen-bond donors (Lipinski definition) is 0. The summed E-state index contributed by atoms with van der Waals surface area (Å²) in [6.45, 7) is 0.251. The lowest BCUT2D eigenvalue weighted by Crippen LogP contribution is -2.04. The number of azide groups is 1. The van der Waals surface area contributed by atoms with Gasteiger partial charge in [0.2, 0.25) is 0 Å². The van der Waals surface area contributed by atoms with Gasteiger partial charge in [0.1, 0.15) is 5.69 Å². The molecule has 0 amide bonds. The maximum atomic E-state index is 11.2. The number of esters is 1. The smallest absolute Gasteiger partial charge is 0.356 e. The zero-order chi connectivity index (χ0) is 11.8. The third-order valence-electron chi connectivity index (χ3n) is 1.70. The Morgan fingerprint density at radius 2 is 2.50 bits per heavy atom. The fourth-order valence-electron chi connectivity index (χ4n) is 1.02. The van der Waals surface area contributed by atoms with Gasteiger partial charge in [-0.15, -0.1) is 0 Å². The van der Waals surface area contributed by atoms with Crippen molar-refractivity contribution >= 4 is 12.0 Å². The molecule has 1 aromatic heterocycles. The quantitative estimate of drug-likeness (QED) is 0.336. The Morgan fingerprint density at radius 1 is 1.69 bits per heavy atom. The highest BCUT2D eigenvalue weighted by atomic mass is 16.5. The van der Waals surface area contributed by atoms with Gasteiger partial charge >= 0.3 is 5.97 Å². The van der Waals surface area contributed by atoms with Crippen molar-refractivity contribution in [3.05, 3.63) is 46.1 Å². The molecule has 0 radical (unpaired) electrons. The third kappa shape index (κ3) is 3.43. The summed E-state index contributed by atoms with van der Waals surface area (Å²) in [5.74, 6) is -0.481. The minimum absolute atomic E-state index is 0.244. The first-order valence-electron chi connectivity index (χ1n) is 4.50. The van der Waals surface area contributed by atoms with Crippen LogP contribution in [0.4, 0.5) is 0 Å². The van der Waals surface area contributed by atoms with Gasteiger partial charge in [-0.25, -0.2) is 9.78 Å². The highest BCUT2D eigenvalue weighted by molar-refractivity contribution is 5.87. The Morgan fingerprint density at radius 3 is 3.19 bits per heavy atom. The van der Waals surface area contributed by atoms with E-state index in [0.717, 1.165) is 0 Å². The van der Waals surface area contributed by atoms with E-state index >= 15 is 0 Å². The number of ether oxygens (including phenoxy) is 1. The standard InChI is InChI=1S/C10H10N4O2/c1-16-10(15)9-6-2-4-8(13-9)5-3-7-12-14-11/h2-6H,7H2,1H3. The van der Waals surface area contributed by atoms with E-state index in [4.69, 9.17) is 5.53 Å². The number of hydrogen-bond acceptors (Lipinski definition) is 4. The Labute approximate surface area is 92.2 Å². The van der Waals surface area contributed by atoms with Gasteiger partial charge in [-0.05, 0) is 23.7 Å². The SMILES string of the molecule is COC(=O)c1cccc(C=CCN=[N+]=[N-])n1. The normalized spacial score (nSPS) is 9.81. The largest absolute Gasteiger partial charge is 0.464 e. The molecule has 0 unspecified atom stereocenters. The summed E-state index contributed by atoms with van der Waals surface area (Å²) >= 11 is 0. The molecule has 16 heavy (non-hydrogen) atoms. The van der Waals surface area contributed by atoms with E-state index in [-0.39, 0.29) is 12.2 Å². The van der Waals surface area contributed by atoms with E-state index in [1.165, 1.54) is 7.11 Å². The van der Waals surface area contributed by atoms with Crippen LogP contribution in [0.25, 0.3) is 16.5 Å². The summed E-state index contributed by atoms with van der Waals surface area (Å²) in [6, 6.07) is 5.00. The van der Waals surface area contributed by atoms with Crippen LogP contribution in [0.1, 0.15) is 16.2 Å². The van der Waals surface area contributed by atoms with E-state index < -0.39 is 5.97 Å². The second-order valence-electron chi connectivity index (χ2n) is 2.76. The molecule has 0 atom stereocenters. The number of carbonyl (C=O) groups excluding carboxylic acids is 1. The topological polar surface area (TPSA) is 88.0 Å². The van der Waals surface area contributed by atoms with E-state index in [2.05, 4.69) is 19.7 Å². The third-order valence-corrected chi connectivity index (χ3v) is 1.70. The van der Waals surface area contributed by atoms with E-state index in [1.807, 2.05) is 0 Å². The van der Waals surface area contributed by atoms with E-state index in [9.17, 15) is 4.79 Å². The molecule has 6 nitrogen and oxygen atoms in total. The van der Waals surface area contributed by atoms with Crippen LogP contribution in [0, 0.1) is 0 Å². The van der Waals surface area contributed by atoms with Gasteiger partial charge in [0, 0.05) is 11.5 Å². The second-order valence-corrected chi connectivity index (χ2v) is 2.76. The molecule has 0 aliphatic carbocycles. The average Bonchev–Trinajstić information content (AvgIpc) is 2.34. The first-order chi connectivity index (χ1) is 7.77. The molecule has 0 saturated carbocycles. The van der Waals surface area contributed by atoms with Crippen molar-refractivity contribution in [2.75, 3.05) is 13.7 Å². The van der Waals surface area contributed by atoms with Crippen LogP contribution in [-0.4, -0.2) is 24.6 Å². The summed E-state index contributed by atoms with van der Waals surface area (Å²) in [7, 11) is 1.30.